The minimum atomic E-state index is 0.580. The van der Waals surface area contributed by atoms with Crippen LogP contribution in [0.25, 0.3) is 0 Å². The first-order valence-corrected chi connectivity index (χ1v) is 8.57. The number of aryl methyl sites for hydroxylation is 1. The van der Waals surface area contributed by atoms with E-state index < -0.39 is 0 Å². The number of fused-ring (bicyclic) bond motifs is 2. The highest BCUT2D eigenvalue weighted by Crippen LogP contribution is 2.56. The highest BCUT2D eigenvalue weighted by molar-refractivity contribution is 9.11. The highest BCUT2D eigenvalue weighted by Gasteiger charge is 2.43. The maximum atomic E-state index is 3.96. The summed E-state index contributed by atoms with van der Waals surface area (Å²) in [5, 5.41) is 0. The van der Waals surface area contributed by atoms with Crippen LogP contribution in [-0.4, -0.2) is 0 Å². The summed E-state index contributed by atoms with van der Waals surface area (Å²) >= 11 is 9.60. The molecule has 2 bridgehead atoms. The third-order valence-corrected chi connectivity index (χ3v) is 7.75. The van der Waals surface area contributed by atoms with Crippen molar-refractivity contribution in [1.82, 2.24) is 0 Å². The van der Waals surface area contributed by atoms with E-state index in [1.807, 2.05) is 11.3 Å². The highest BCUT2D eigenvalue weighted by atomic mass is 79.9. The summed E-state index contributed by atoms with van der Waals surface area (Å²) in [6.07, 6.45) is 5.91. The molecule has 0 spiro atoms. The van der Waals surface area contributed by atoms with Gasteiger partial charge in [-0.25, -0.2) is 0 Å². The molecular formula is C13H16Br2S. The number of thiophene rings is 1. The molecule has 3 rings (SSSR count). The first-order valence-electron chi connectivity index (χ1n) is 6.05. The Balaban J connectivity index is 1.82. The van der Waals surface area contributed by atoms with Crippen LogP contribution >= 0.6 is 43.2 Å². The van der Waals surface area contributed by atoms with Crippen molar-refractivity contribution >= 4 is 43.2 Å². The van der Waals surface area contributed by atoms with Gasteiger partial charge in [0.2, 0.25) is 0 Å². The number of rotatable bonds is 2. The van der Waals surface area contributed by atoms with Gasteiger partial charge in [-0.3, -0.25) is 0 Å². The van der Waals surface area contributed by atoms with Crippen LogP contribution in [0.1, 0.15) is 40.3 Å². The fourth-order valence-electron chi connectivity index (χ4n) is 3.54. The average molecular weight is 364 g/mol. The van der Waals surface area contributed by atoms with Gasteiger partial charge in [-0.2, -0.15) is 0 Å². The van der Waals surface area contributed by atoms with Crippen molar-refractivity contribution in [1.29, 1.82) is 0 Å². The van der Waals surface area contributed by atoms with Crippen LogP contribution in [0.15, 0.2) is 10.5 Å². The summed E-state index contributed by atoms with van der Waals surface area (Å²) in [5.41, 5.74) is 0. The van der Waals surface area contributed by atoms with Gasteiger partial charge in [0, 0.05) is 14.2 Å². The Labute approximate surface area is 118 Å². The lowest BCUT2D eigenvalue weighted by Gasteiger charge is -2.26. The Hall–Kier alpha value is 0.660. The fourth-order valence-corrected chi connectivity index (χ4v) is 6.97. The van der Waals surface area contributed by atoms with Crippen molar-refractivity contribution in [2.75, 3.05) is 0 Å². The molecule has 1 heterocycles. The monoisotopic (exact) mass is 362 g/mol. The van der Waals surface area contributed by atoms with Crippen LogP contribution in [0.5, 0.6) is 0 Å². The van der Waals surface area contributed by atoms with Crippen molar-refractivity contribution < 1.29 is 0 Å². The van der Waals surface area contributed by atoms with Gasteiger partial charge in [0.1, 0.15) is 0 Å². The van der Waals surface area contributed by atoms with E-state index >= 15 is 0 Å². The Morgan fingerprint density at radius 2 is 2.19 bits per heavy atom. The van der Waals surface area contributed by atoms with Gasteiger partial charge in [-0.1, -0.05) is 22.4 Å². The molecule has 0 aliphatic heterocycles. The Kier molecular flexibility index (Phi) is 3.23. The molecule has 0 nitrogen and oxygen atoms in total. The molecule has 1 aromatic heterocycles. The summed E-state index contributed by atoms with van der Waals surface area (Å²) in [4.78, 5) is 3.50. The van der Waals surface area contributed by atoms with Gasteiger partial charge in [0.15, 0.2) is 0 Å². The van der Waals surface area contributed by atoms with E-state index in [1.54, 1.807) is 0 Å². The van der Waals surface area contributed by atoms with Gasteiger partial charge in [-0.15, -0.1) is 11.3 Å². The van der Waals surface area contributed by atoms with Crippen molar-refractivity contribution in [3.8, 4) is 0 Å². The van der Waals surface area contributed by atoms with E-state index in [2.05, 4.69) is 44.8 Å². The lowest BCUT2D eigenvalue weighted by Crippen LogP contribution is -2.15. The van der Waals surface area contributed by atoms with Gasteiger partial charge in [-0.05, 0) is 65.9 Å². The van der Waals surface area contributed by atoms with Gasteiger partial charge in [0.05, 0.1) is 4.83 Å². The van der Waals surface area contributed by atoms with Crippen LogP contribution in [0.2, 0.25) is 0 Å². The van der Waals surface area contributed by atoms with E-state index in [1.165, 1.54) is 39.9 Å². The quantitative estimate of drug-likeness (QED) is 0.592. The number of hydrogen-bond acceptors (Lipinski definition) is 1. The molecule has 2 aliphatic rings. The molecule has 16 heavy (non-hydrogen) atoms. The smallest absolute Gasteiger partial charge is 0.0531 e. The standard InChI is InChI=1S/C13H16Br2S/c1-7-4-11(14)13(16-7)12(15)10-6-8-2-3-9(10)5-8/h4,8-10,12H,2-3,5-6H2,1H3. The van der Waals surface area contributed by atoms with Crippen LogP contribution in [0.3, 0.4) is 0 Å². The number of halogens is 2. The summed E-state index contributed by atoms with van der Waals surface area (Å²) in [6.45, 7) is 2.19. The van der Waals surface area contributed by atoms with Gasteiger partial charge >= 0.3 is 0 Å². The second-order valence-corrected chi connectivity index (χ2v) is 8.44. The van der Waals surface area contributed by atoms with Crippen LogP contribution in [-0.2, 0) is 0 Å². The summed E-state index contributed by atoms with van der Waals surface area (Å²) in [5.74, 6) is 2.91. The molecule has 0 saturated heterocycles. The topological polar surface area (TPSA) is 0 Å². The third-order valence-electron chi connectivity index (χ3n) is 4.26. The first kappa shape index (κ1) is 11.7. The zero-order valence-electron chi connectivity index (χ0n) is 9.38. The second-order valence-electron chi connectivity index (χ2n) is 5.31. The summed E-state index contributed by atoms with van der Waals surface area (Å²) < 4.78 is 1.31. The zero-order chi connectivity index (χ0) is 11.3. The Morgan fingerprint density at radius 3 is 2.69 bits per heavy atom. The Morgan fingerprint density at radius 1 is 1.38 bits per heavy atom. The minimum Gasteiger partial charge on any atom is -0.143 e. The van der Waals surface area contributed by atoms with Gasteiger partial charge in [0.25, 0.3) is 0 Å². The molecule has 0 amide bonds. The predicted molar refractivity (Wildman–Crippen MR) is 77.4 cm³/mol. The summed E-state index contributed by atoms with van der Waals surface area (Å²) in [7, 11) is 0. The van der Waals surface area contributed by atoms with Crippen LogP contribution < -0.4 is 0 Å². The van der Waals surface area contributed by atoms with Gasteiger partial charge < -0.3 is 0 Å². The number of hydrogen-bond donors (Lipinski definition) is 0. The molecular weight excluding hydrogens is 348 g/mol. The predicted octanol–water partition coefficient (Wildman–Crippen LogP) is 5.69. The van der Waals surface area contributed by atoms with E-state index in [0.29, 0.717) is 4.83 Å². The van der Waals surface area contributed by atoms with E-state index in [0.717, 1.165) is 17.8 Å². The minimum absolute atomic E-state index is 0.580. The van der Waals surface area contributed by atoms with Crippen molar-refractivity contribution in [2.45, 2.75) is 37.4 Å². The van der Waals surface area contributed by atoms with Crippen molar-refractivity contribution in [3.05, 3.63) is 20.3 Å². The van der Waals surface area contributed by atoms with Crippen molar-refractivity contribution in [2.24, 2.45) is 17.8 Å². The molecule has 4 atom stereocenters. The molecule has 0 radical (unpaired) electrons. The van der Waals surface area contributed by atoms with Crippen LogP contribution in [0.4, 0.5) is 0 Å². The van der Waals surface area contributed by atoms with Crippen molar-refractivity contribution in [3.63, 3.8) is 0 Å². The molecule has 0 N–H and O–H groups in total. The molecule has 3 heteroatoms. The first-order chi connectivity index (χ1) is 7.65. The van der Waals surface area contributed by atoms with E-state index in [4.69, 9.17) is 0 Å². The lowest BCUT2D eigenvalue weighted by molar-refractivity contribution is 0.331. The SMILES string of the molecule is Cc1cc(Br)c(C(Br)C2CC3CCC2C3)s1. The van der Waals surface area contributed by atoms with E-state index in [-0.39, 0.29) is 0 Å². The third kappa shape index (κ3) is 1.93. The maximum absolute atomic E-state index is 3.96. The largest absolute Gasteiger partial charge is 0.143 e. The van der Waals surface area contributed by atoms with Crippen LogP contribution in [0, 0.1) is 24.7 Å². The molecule has 1 aromatic rings. The van der Waals surface area contributed by atoms with E-state index in [9.17, 15) is 0 Å². The fraction of sp³-hybridized carbons (Fsp3) is 0.692. The normalized spacial score (nSPS) is 34.6. The zero-order valence-corrected chi connectivity index (χ0v) is 13.4. The second kappa shape index (κ2) is 4.40. The maximum Gasteiger partial charge on any atom is 0.0531 e. The molecule has 88 valence electrons. The lowest BCUT2D eigenvalue weighted by atomic mass is 9.86. The molecule has 4 unspecified atom stereocenters. The molecule has 0 aromatic carbocycles. The molecule has 2 aliphatic carbocycles. The molecule has 2 fully saturated rings. The number of alkyl halides is 1. The Bertz CT molecular complexity index is 399. The average Bonchev–Trinajstić information content (AvgIpc) is 2.91. The molecule has 2 saturated carbocycles. The summed E-state index contributed by atoms with van der Waals surface area (Å²) in [6, 6.07) is 2.25.